The fourth-order valence-electron chi connectivity index (χ4n) is 2.12. The summed E-state index contributed by atoms with van der Waals surface area (Å²) >= 11 is 0. The van der Waals surface area contributed by atoms with Crippen molar-refractivity contribution < 1.29 is 0 Å². The van der Waals surface area contributed by atoms with E-state index in [9.17, 15) is 0 Å². The molecule has 3 nitrogen and oxygen atoms in total. The van der Waals surface area contributed by atoms with Crippen molar-refractivity contribution in [2.75, 3.05) is 6.54 Å². The normalized spacial score (nSPS) is 30.6. The van der Waals surface area contributed by atoms with E-state index in [0.29, 0.717) is 0 Å². The van der Waals surface area contributed by atoms with Crippen LogP contribution in [0.2, 0.25) is 0 Å². The first-order valence-corrected chi connectivity index (χ1v) is 5.55. The standard InChI is InChI=1S/C11H17N3/c1-14-7-9(6-13-14)11-4-8(11)5-12-10-2-3-10/h6-8,10-12H,2-5H2,1H3. The Morgan fingerprint density at radius 1 is 1.57 bits per heavy atom. The minimum Gasteiger partial charge on any atom is -0.314 e. The number of aryl methyl sites for hydroxylation is 1. The molecule has 0 radical (unpaired) electrons. The van der Waals surface area contributed by atoms with E-state index in [0.717, 1.165) is 17.9 Å². The van der Waals surface area contributed by atoms with E-state index in [1.165, 1.54) is 31.4 Å². The zero-order valence-electron chi connectivity index (χ0n) is 8.61. The van der Waals surface area contributed by atoms with Gasteiger partial charge in [-0.05, 0) is 43.2 Å². The summed E-state index contributed by atoms with van der Waals surface area (Å²) in [6.45, 7) is 1.21. The summed E-state index contributed by atoms with van der Waals surface area (Å²) in [5.41, 5.74) is 1.43. The van der Waals surface area contributed by atoms with Crippen molar-refractivity contribution in [3.05, 3.63) is 18.0 Å². The van der Waals surface area contributed by atoms with Crippen LogP contribution in [-0.4, -0.2) is 22.4 Å². The van der Waals surface area contributed by atoms with Crippen molar-refractivity contribution in [3.8, 4) is 0 Å². The second-order valence-electron chi connectivity index (χ2n) is 4.73. The van der Waals surface area contributed by atoms with E-state index in [2.05, 4.69) is 16.6 Å². The van der Waals surface area contributed by atoms with E-state index < -0.39 is 0 Å². The Morgan fingerprint density at radius 2 is 2.43 bits per heavy atom. The van der Waals surface area contributed by atoms with Crippen LogP contribution in [0.4, 0.5) is 0 Å². The molecule has 14 heavy (non-hydrogen) atoms. The molecule has 2 unspecified atom stereocenters. The van der Waals surface area contributed by atoms with Crippen molar-refractivity contribution in [2.45, 2.75) is 31.2 Å². The highest BCUT2D eigenvalue weighted by atomic mass is 15.2. The highest BCUT2D eigenvalue weighted by Gasteiger charge is 2.39. The molecule has 2 aliphatic rings. The molecule has 3 heteroatoms. The number of hydrogen-bond donors (Lipinski definition) is 1. The SMILES string of the molecule is Cn1cc(C2CC2CNC2CC2)cn1. The largest absolute Gasteiger partial charge is 0.314 e. The average Bonchev–Trinajstić information content (AvgIpc) is 3.06. The molecule has 3 rings (SSSR count). The summed E-state index contributed by atoms with van der Waals surface area (Å²) in [5.74, 6) is 1.66. The third-order valence-electron chi connectivity index (χ3n) is 3.32. The van der Waals surface area contributed by atoms with Gasteiger partial charge in [-0.3, -0.25) is 4.68 Å². The number of nitrogens with zero attached hydrogens (tertiary/aromatic N) is 2. The Labute approximate surface area is 84.5 Å². The molecule has 1 aromatic heterocycles. The molecule has 1 aromatic rings. The molecule has 0 amide bonds. The lowest BCUT2D eigenvalue weighted by Gasteiger charge is -1.99. The fraction of sp³-hybridized carbons (Fsp3) is 0.727. The van der Waals surface area contributed by atoms with Gasteiger partial charge in [0.2, 0.25) is 0 Å². The molecular formula is C11H17N3. The maximum Gasteiger partial charge on any atom is 0.0524 e. The molecule has 2 fully saturated rings. The lowest BCUT2D eigenvalue weighted by molar-refractivity contribution is 0.623. The molecule has 0 aliphatic heterocycles. The van der Waals surface area contributed by atoms with Gasteiger partial charge in [0.1, 0.15) is 0 Å². The van der Waals surface area contributed by atoms with Gasteiger partial charge >= 0.3 is 0 Å². The van der Waals surface area contributed by atoms with Gasteiger partial charge in [-0.15, -0.1) is 0 Å². The zero-order chi connectivity index (χ0) is 9.54. The Bertz CT molecular complexity index is 327. The van der Waals surface area contributed by atoms with E-state index in [1.807, 2.05) is 17.9 Å². The maximum atomic E-state index is 4.22. The Hall–Kier alpha value is -0.830. The van der Waals surface area contributed by atoms with E-state index in [-0.39, 0.29) is 0 Å². The van der Waals surface area contributed by atoms with Crippen molar-refractivity contribution in [3.63, 3.8) is 0 Å². The molecule has 0 saturated heterocycles. The summed E-state index contributed by atoms with van der Waals surface area (Å²) in [6.07, 6.45) is 8.31. The second kappa shape index (κ2) is 3.09. The third kappa shape index (κ3) is 1.69. The summed E-state index contributed by atoms with van der Waals surface area (Å²) in [7, 11) is 1.99. The fourth-order valence-corrected chi connectivity index (χ4v) is 2.12. The van der Waals surface area contributed by atoms with Crippen molar-refractivity contribution >= 4 is 0 Å². The minimum absolute atomic E-state index is 0.787. The highest BCUT2D eigenvalue weighted by Crippen LogP contribution is 2.47. The van der Waals surface area contributed by atoms with Crippen LogP contribution in [0.25, 0.3) is 0 Å². The zero-order valence-corrected chi connectivity index (χ0v) is 8.61. The first kappa shape index (κ1) is 8.48. The predicted octanol–water partition coefficient (Wildman–Crippen LogP) is 1.28. The van der Waals surface area contributed by atoms with Crippen LogP contribution in [-0.2, 0) is 7.05 Å². The van der Waals surface area contributed by atoms with E-state index in [4.69, 9.17) is 0 Å². The van der Waals surface area contributed by atoms with Crippen LogP contribution >= 0.6 is 0 Å². The Kier molecular flexibility index (Phi) is 1.87. The molecule has 2 atom stereocenters. The van der Waals surface area contributed by atoms with Crippen LogP contribution < -0.4 is 5.32 Å². The van der Waals surface area contributed by atoms with Gasteiger partial charge in [-0.1, -0.05) is 0 Å². The molecular weight excluding hydrogens is 174 g/mol. The van der Waals surface area contributed by atoms with Crippen molar-refractivity contribution in [1.29, 1.82) is 0 Å². The molecule has 76 valence electrons. The predicted molar refractivity (Wildman–Crippen MR) is 55.1 cm³/mol. The molecule has 2 saturated carbocycles. The number of aromatic nitrogens is 2. The molecule has 1 N–H and O–H groups in total. The molecule has 0 aromatic carbocycles. The quantitative estimate of drug-likeness (QED) is 0.777. The monoisotopic (exact) mass is 191 g/mol. The summed E-state index contributed by atoms with van der Waals surface area (Å²) in [6, 6.07) is 0.852. The van der Waals surface area contributed by atoms with Crippen LogP contribution in [0.3, 0.4) is 0 Å². The van der Waals surface area contributed by atoms with Gasteiger partial charge in [0.25, 0.3) is 0 Å². The smallest absolute Gasteiger partial charge is 0.0524 e. The minimum atomic E-state index is 0.787. The summed E-state index contributed by atoms with van der Waals surface area (Å²) in [4.78, 5) is 0. The molecule has 1 heterocycles. The lowest BCUT2D eigenvalue weighted by Crippen LogP contribution is -2.19. The third-order valence-corrected chi connectivity index (χ3v) is 3.32. The molecule has 0 bridgehead atoms. The van der Waals surface area contributed by atoms with Crippen LogP contribution in [0.1, 0.15) is 30.7 Å². The topological polar surface area (TPSA) is 29.9 Å². The first-order valence-electron chi connectivity index (χ1n) is 5.55. The lowest BCUT2D eigenvalue weighted by atomic mass is 10.2. The van der Waals surface area contributed by atoms with Gasteiger partial charge in [-0.25, -0.2) is 0 Å². The number of nitrogens with one attached hydrogen (secondary N) is 1. The van der Waals surface area contributed by atoms with Crippen LogP contribution in [0, 0.1) is 5.92 Å². The maximum absolute atomic E-state index is 4.22. The van der Waals surface area contributed by atoms with E-state index >= 15 is 0 Å². The van der Waals surface area contributed by atoms with Crippen molar-refractivity contribution in [2.24, 2.45) is 13.0 Å². The molecule has 0 spiro atoms. The Balaban J connectivity index is 1.51. The van der Waals surface area contributed by atoms with Gasteiger partial charge in [0.05, 0.1) is 6.20 Å². The number of rotatable bonds is 4. The number of hydrogen-bond acceptors (Lipinski definition) is 2. The van der Waals surface area contributed by atoms with Gasteiger partial charge in [-0.2, -0.15) is 5.10 Å². The van der Waals surface area contributed by atoms with Crippen molar-refractivity contribution in [1.82, 2.24) is 15.1 Å². The van der Waals surface area contributed by atoms with Gasteiger partial charge in [0, 0.05) is 19.3 Å². The first-order chi connectivity index (χ1) is 6.83. The second-order valence-corrected chi connectivity index (χ2v) is 4.73. The van der Waals surface area contributed by atoms with Gasteiger partial charge in [0.15, 0.2) is 0 Å². The highest BCUT2D eigenvalue weighted by molar-refractivity contribution is 5.20. The average molecular weight is 191 g/mol. The van der Waals surface area contributed by atoms with Crippen LogP contribution in [0.5, 0.6) is 0 Å². The van der Waals surface area contributed by atoms with Gasteiger partial charge < -0.3 is 5.32 Å². The Morgan fingerprint density at radius 3 is 3.07 bits per heavy atom. The molecule has 2 aliphatic carbocycles. The summed E-state index contributed by atoms with van der Waals surface area (Å²) < 4.78 is 1.90. The summed E-state index contributed by atoms with van der Waals surface area (Å²) in [5, 5.41) is 7.81. The van der Waals surface area contributed by atoms with E-state index in [1.54, 1.807) is 0 Å². The van der Waals surface area contributed by atoms with Crippen LogP contribution in [0.15, 0.2) is 12.4 Å².